The summed E-state index contributed by atoms with van der Waals surface area (Å²) >= 11 is 0. The van der Waals surface area contributed by atoms with E-state index in [1.807, 2.05) is 0 Å². The second-order valence-corrected chi connectivity index (χ2v) is 2.89. The van der Waals surface area contributed by atoms with Crippen molar-refractivity contribution in [3.8, 4) is 0 Å². The number of primary amides is 1. The average molecular weight is 210 g/mol. The van der Waals surface area contributed by atoms with E-state index in [2.05, 4.69) is 5.32 Å². The van der Waals surface area contributed by atoms with E-state index in [1.165, 1.54) is 18.2 Å². The molecule has 7 heteroatoms. The van der Waals surface area contributed by atoms with Crippen molar-refractivity contribution in [2.45, 2.75) is 0 Å². The lowest BCUT2D eigenvalue weighted by Gasteiger charge is -2.04. The van der Waals surface area contributed by atoms with Gasteiger partial charge in [-0.3, -0.25) is 14.9 Å². The fourth-order valence-electron chi connectivity index (χ4n) is 1.03. The largest absolute Gasteiger partial charge is 0.398 e. The van der Waals surface area contributed by atoms with E-state index in [-0.39, 0.29) is 17.9 Å². The van der Waals surface area contributed by atoms with Crippen LogP contribution in [0.5, 0.6) is 0 Å². The van der Waals surface area contributed by atoms with Crippen LogP contribution in [0.2, 0.25) is 0 Å². The summed E-state index contributed by atoms with van der Waals surface area (Å²) in [5.41, 5.74) is 10.9. The zero-order valence-corrected chi connectivity index (χ0v) is 7.77. The van der Waals surface area contributed by atoms with Crippen molar-refractivity contribution in [2.75, 3.05) is 17.6 Å². The molecule has 7 nitrogen and oxygen atoms in total. The molecule has 0 aliphatic heterocycles. The van der Waals surface area contributed by atoms with Gasteiger partial charge in [0, 0.05) is 23.5 Å². The van der Waals surface area contributed by atoms with Crippen LogP contribution in [0.25, 0.3) is 0 Å². The number of anilines is 2. The number of hydrogen-bond acceptors (Lipinski definition) is 5. The first kappa shape index (κ1) is 10.8. The highest BCUT2D eigenvalue weighted by Crippen LogP contribution is 2.21. The number of non-ortho nitro benzene ring substituents is 1. The predicted molar refractivity (Wildman–Crippen MR) is 55.2 cm³/mol. The van der Waals surface area contributed by atoms with Crippen LogP contribution < -0.4 is 16.8 Å². The fourth-order valence-corrected chi connectivity index (χ4v) is 1.03. The Bertz CT molecular complexity index is 405. The van der Waals surface area contributed by atoms with Gasteiger partial charge in [0.1, 0.15) is 0 Å². The highest BCUT2D eigenvalue weighted by Gasteiger charge is 2.08. The smallest absolute Gasteiger partial charge is 0.273 e. The molecule has 0 saturated carbocycles. The van der Waals surface area contributed by atoms with Crippen molar-refractivity contribution in [3.63, 3.8) is 0 Å². The molecule has 1 aromatic carbocycles. The van der Waals surface area contributed by atoms with Gasteiger partial charge in [-0.05, 0) is 6.07 Å². The average Bonchev–Trinajstić information content (AvgIpc) is 2.13. The number of nitrogens with one attached hydrogen (secondary N) is 1. The van der Waals surface area contributed by atoms with Crippen molar-refractivity contribution in [2.24, 2.45) is 5.73 Å². The number of nitrogen functional groups attached to an aromatic ring is 1. The maximum absolute atomic E-state index is 10.5. The first-order valence-electron chi connectivity index (χ1n) is 4.06. The molecule has 1 amide bonds. The molecule has 80 valence electrons. The summed E-state index contributed by atoms with van der Waals surface area (Å²) < 4.78 is 0. The van der Waals surface area contributed by atoms with Gasteiger partial charge in [0.2, 0.25) is 5.91 Å². The normalized spacial score (nSPS) is 9.60. The molecule has 0 fully saturated rings. The van der Waals surface area contributed by atoms with E-state index in [0.29, 0.717) is 5.69 Å². The minimum atomic E-state index is -0.564. The van der Waals surface area contributed by atoms with Crippen LogP contribution in [0.15, 0.2) is 18.2 Å². The number of rotatable bonds is 4. The van der Waals surface area contributed by atoms with Gasteiger partial charge in [-0.15, -0.1) is 0 Å². The van der Waals surface area contributed by atoms with Gasteiger partial charge in [-0.1, -0.05) is 0 Å². The number of nitro groups is 1. The van der Waals surface area contributed by atoms with E-state index < -0.39 is 10.8 Å². The van der Waals surface area contributed by atoms with E-state index in [1.54, 1.807) is 0 Å². The monoisotopic (exact) mass is 210 g/mol. The molecule has 0 aliphatic rings. The topological polar surface area (TPSA) is 124 Å². The first-order chi connectivity index (χ1) is 6.99. The Morgan fingerprint density at radius 2 is 2.13 bits per heavy atom. The van der Waals surface area contributed by atoms with Gasteiger partial charge in [0.15, 0.2) is 0 Å². The minimum Gasteiger partial charge on any atom is -0.398 e. The number of amides is 1. The molecular weight excluding hydrogens is 200 g/mol. The summed E-state index contributed by atoms with van der Waals surface area (Å²) in [6.45, 7) is -0.0966. The quantitative estimate of drug-likeness (QED) is 0.368. The van der Waals surface area contributed by atoms with Crippen LogP contribution in [0.1, 0.15) is 0 Å². The SMILES string of the molecule is NC(=O)CNc1cc(N)cc([N+](=O)[O-])c1. The Labute approximate surface area is 85.2 Å². The third-order valence-electron chi connectivity index (χ3n) is 1.62. The number of benzene rings is 1. The molecular formula is C8H10N4O3. The Hall–Kier alpha value is -2.31. The molecule has 0 unspecified atom stereocenters. The van der Waals surface area contributed by atoms with Gasteiger partial charge in [-0.25, -0.2) is 0 Å². The summed E-state index contributed by atoms with van der Waals surface area (Å²) in [5, 5.41) is 13.1. The molecule has 0 bridgehead atoms. The van der Waals surface area contributed by atoms with Crippen LogP contribution in [0.4, 0.5) is 17.1 Å². The summed E-state index contributed by atoms with van der Waals surface area (Å²) in [7, 11) is 0. The maximum Gasteiger partial charge on any atom is 0.273 e. The van der Waals surface area contributed by atoms with Crippen LogP contribution >= 0.6 is 0 Å². The molecule has 0 radical (unpaired) electrons. The number of nitro benzene ring substituents is 1. The van der Waals surface area contributed by atoms with Crippen molar-refractivity contribution in [3.05, 3.63) is 28.3 Å². The molecule has 1 rings (SSSR count). The minimum absolute atomic E-state index is 0.0966. The van der Waals surface area contributed by atoms with Crippen LogP contribution in [-0.4, -0.2) is 17.4 Å². The molecule has 0 aliphatic carbocycles. The van der Waals surface area contributed by atoms with Gasteiger partial charge < -0.3 is 16.8 Å². The zero-order chi connectivity index (χ0) is 11.4. The van der Waals surface area contributed by atoms with Gasteiger partial charge in [0.05, 0.1) is 11.5 Å². The maximum atomic E-state index is 10.5. The standard InChI is InChI=1S/C8H10N4O3/c9-5-1-6(11-4-8(10)13)3-7(2-5)12(14)15/h1-3,11H,4,9H2,(H2,10,13). The highest BCUT2D eigenvalue weighted by molar-refractivity contribution is 5.79. The Kier molecular flexibility index (Phi) is 3.06. The summed E-state index contributed by atoms with van der Waals surface area (Å²) in [5.74, 6) is -0.555. The second kappa shape index (κ2) is 4.27. The lowest BCUT2D eigenvalue weighted by Crippen LogP contribution is -2.21. The summed E-state index contributed by atoms with van der Waals surface area (Å²) in [4.78, 5) is 20.4. The van der Waals surface area contributed by atoms with Crippen molar-refractivity contribution >= 4 is 23.0 Å². The molecule has 0 spiro atoms. The number of nitrogens with zero attached hydrogens (tertiary/aromatic N) is 1. The number of carbonyl (C=O) groups excluding carboxylic acids is 1. The molecule has 5 N–H and O–H groups in total. The highest BCUT2D eigenvalue weighted by atomic mass is 16.6. The third kappa shape index (κ3) is 3.14. The second-order valence-electron chi connectivity index (χ2n) is 2.89. The molecule has 15 heavy (non-hydrogen) atoms. The van der Waals surface area contributed by atoms with Gasteiger partial charge in [-0.2, -0.15) is 0 Å². The Morgan fingerprint density at radius 1 is 1.47 bits per heavy atom. The van der Waals surface area contributed by atoms with Crippen molar-refractivity contribution in [1.29, 1.82) is 0 Å². The Morgan fingerprint density at radius 3 is 2.67 bits per heavy atom. The summed E-state index contributed by atoms with van der Waals surface area (Å²) in [6, 6.07) is 3.99. The number of nitrogens with two attached hydrogens (primary N) is 2. The molecule has 0 saturated heterocycles. The van der Waals surface area contributed by atoms with Crippen LogP contribution in [0.3, 0.4) is 0 Å². The van der Waals surface area contributed by atoms with E-state index >= 15 is 0 Å². The van der Waals surface area contributed by atoms with Gasteiger partial charge >= 0.3 is 0 Å². The fraction of sp³-hybridized carbons (Fsp3) is 0.125. The Balaban J connectivity index is 2.88. The van der Waals surface area contributed by atoms with Gasteiger partial charge in [0.25, 0.3) is 5.69 Å². The molecule has 0 atom stereocenters. The third-order valence-corrected chi connectivity index (χ3v) is 1.62. The van der Waals surface area contributed by atoms with E-state index in [9.17, 15) is 14.9 Å². The lowest BCUT2D eigenvalue weighted by molar-refractivity contribution is -0.384. The lowest BCUT2D eigenvalue weighted by atomic mass is 10.2. The molecule has 0 heterocycles. The molecule has 1 aromatic rings. The van der Waals surface area contributed by atoms with Crippen molar-refractivity contribution < 1.29 is 9.72 Å². The number of hydrogen-bond donors (Lipinski definition) is 3. The first-order valence-corrected chi connectivity index (χ1v) is 4.06. The summed E-state index contributed by atoms with van der Waals surface area (Å²) in [6.07, 6.45) is 0. The number of carbonyl (C=O) groups is 1. The van der Waals surface area contributed by atoms with Crippen LogP contribution in [-0.2, 0) is 4.79 Å². The van der Waals surface area contributed by atoms with Crippen molar-refractivity contribution in [1.82, 2.24) is 0 Å². The molecule has 0 aromatic heterocycles. The van der Waals surface area contributed by atoms with Crippen LogP contribution in [0, 0.1) is 10.1 Å². The zero-order valence-electron chi connectivity index (χ0n) is 7.77. The van der Waals surface area contributed by atoms with E-state index in [0.717, 1.165) is 0 Å². The van der Waals surface area contributed by atoms with E-state index in [4.69, 9.17) is 11.5 Å². The predicted octanol–water partition coefficient (Wildman–Crippen LogP) is 0.0742.